The molecule has 2 N–H and O–H groups in total. The number of nitrogen functional groups attached to an aromatic ring is 1. The second kappa shape index (κ2) is 5.59. The van der Waals surface area contributed by atoms with Crippen LogP contribution < -0.4 is 10.6 Å². The van der Waals surface area contributed by atoms with Gasteiger partial charge < -0.3 is 10.6 Å². The van der Waals surface area contributed by atoms with E-state index in [1.807, 2.05) is 0 Å². The van der Waals surface area contributed by atoms with Crippen LogP contribution in [0.3, 0.4) is 0 Å². The Hall–Kier alpha value is -2.31. The third kappa shape index (κ3) is 3.62. The fraction of sp³-hybridized carbons (Fsp3) is 0.214. The molecule has 2 rings (SSSR count). The molecule has 0 amide bonds. The molecule has 0 aliphatic rings. The van der Waals surface area contributed by atoms with E-state index in [0.29, 0.717) is 5.56 Å². The van der Waals surface area contributed by atoms with Gasteiger partial charge in [0.2, 0.25) is 0 Å². The molecule has 1 aromatic carbocycles. The summed E-state index contributed by atoms with van der Waals surface area (Å²) in [4.78, 5) is 5.26. The lowest BCUT2D eigenvalue weighted by molar-refractivity contribution is -0.137. The Morgan fingerprint density at radius 1 is 1.19 bits per heavy atom. The zero-order chi connectivity index (χ0) is 15.6. The van der Waals surface area contributed by atoms with Gasteiger partial charge in [-0.15, -0.1) is 0 Å². The van der Waals surface area contributed by atoms with Gasteiger partial charge in [-0.1, -0.05) is 18.2 Å². The van der Waals surface area contributed by atoms with Gasteiger partial charge in [0.25, 0.3) is 0 Å². The van der Waals surface area contributed by atoms with Gasteiger partial charge in [0.15, 0.2) is 0 Å². The number of halogens is 4. The lowest BCUT2D eigenvalue weighted by atomic mass is 10.2. The molecule has 1 heterocycles. The summed E-state index contributed by atoms with van der Waals surface area (Å²) in [5, 5.41) is 0. The summed E-state index contributed by atoms with van der Waals surface area (Å²) in [6, 6.07) is 7.69. The summed E-state index contributed by atoms with van der Waals surface area (Å²) >= 11 is 0. The molecule has 112 valence electrons. The van der Waals surface area contributed by atoms with Gasteiger partial charge in [-0.2, -0.15) is 13.2 Å². The lowest BCUT2D eigenvalue weighted by Crippen LogP contribution is -2.20. The lowest BCUT2D eigenvalue weighted by Gasteiger charge is -2.20. The van der Waals surface area contributed by atoms with Crippen LogP contribution in [0.25, 0.3) is 0 Å². The SMILES string of the molecule is CN(Cc1ccccc1F)c1cc(C(F)(F)F)cc(N)n1. The zero-order valence-corrected chi connectivity index (χ0v) is 11.2. The Morgan fingerprint density at radius 3 is 2.48 bits per heavy atom. The van der Waals surface area contributed by atoms with Gasteiger partial charge in [-0.05, 0) is 18.2 Å². The number of rotatable bonds is 3. The van der Waals surface area contributed by atoms with Crippen LogP contribution >= 0.6 is 0 Å². The van der Waals surface area contributed by atoms with E-state index < -0.39 is 17.6 Å². The standard InChI is InChI=1S/C14H13F4N3/c1-21(8-9-4-2-3-5-11(9)15)13-7-10(14(16,17)18)6-12(19)20-13/h2-7H,8H2,1H3,(H2,19,20). The normalized spacial score (nSPS) is 11.5. The van der Waals surface area contributed by atoms with E-state index in [1.54, 1.807) is 18.2 Å². The first-order valence-electron chi connectivity index (χ1n) is 6.06. The van der Waals surface area contributed by atoms with Gasteiger partial charge in [-0.3, -0.25) is 0 Å². The Morgan fingerprint density at radius 2 is 1.86 bits per heavy atom. The predicted molar refractivity (Wildman–Crippen MR) is 72.2 cm³/mol. The van der Waals surface area contributed by atoms with Crippen LogP contribution in [0.5, 0.6) is 0 Å². The fourth-order valence-corrected chi connectivity index (χ4v) is 1.86. The van der Waals surface area contributed by atoms with E-state index in [0.717, 1.165) is 12.1 Å². The summed E-state index contributed by atoms with van der Waals surface area (Å²) in [6.45, 7) is 0.0838. The van der Waals surface area contributed by atoms with E-state index in [4.69, 9.17) is 5.73 Å². The number of pyridine rings is 1. The van der Waals surface area contributed by atoms with Crippen molar-refractivity contribution in [3.63, 3.8) is 0 Å². The predicted octanol–water partition coefficient (Wildman–Crippen LogP) is 3.46. The Labute approximate surface area is 119 Å². The van der Waals surface area contributed by atoms with Crippen molar-refractivity contribution in [2.75, 3.05) is 17.7 Å². The second-order valence-corrected chi connectivity index (χ2v) is 4.58. The summed E-state index contributed by atoms with van der Waals surface area (Å²) in [5.41, 5.74) is 4.88. The molecule has 2 aromatic rings. The molecular formula is C14H13F4N3. The first kappa shape index (κ1) is 15.1. The molecule has 0 saturated carbocycles. The van der Waals surface area contributed by atoms with Gasteiger partial charge in [0.05, 0.1) is 5.56 Å². The molecule has 0 unspecified atom stereocenters. The van der Waals surface area contributed by atoms with Gasteiger partial charge in [0.1, 0.15) is 17.5 Å². The first-order valence-corrected chi connectivity index (χ1v) is 6.06. The van der Waals surface area contributed by atoms with Gasteiger partial charge in [0, 0.05) is 19.2 Å². The van der Waals surface area contributed by atoms with E-state index in [2.05, 4.69) is 4.98 Å². The number of aromatic nitrogens is 1. The van der Waals surface area contributed by atoms with Crippen LogP contribution in [-0.2, 0) is 12.7 Å². The molecule has 0 aliphatic carbocycles. The minimum atomic E-state index is -4.51. The largest absolute Gasteiger partial charge is 0.416 e. The molecule has 21 heavy (non-hydrogen) atoms. The molecule has 0 atom stereocenters. The maximum atomic E-state index is 13.6. The summed E-state index contributed by atoms with van der Waals surface area (Å²) in [6.07, 6.45) is -4.51. The van der Waals surface area contributed by atoms with Gasteiger partial charge >= 0.3 is 6.18 Å². The van der Waals surface area contributed by atoms with Crippen molar-refractivity contribution in [1.29, 1.82) is 0 Å². The number of hydrogen-bond donors (Lipinski definition) is 1. The van der Waals surface area contributed by atoms with Crippen LogP contribution in [0.1, 0.15) is 11.1 Å². The van der Waals surface area contributed by atoms with Crippen molar-refractivity contribution in [1.82, 2.24) is 4.98 Å². The number of anilines is 2. The quantitative estimate of drug-likeness (QED) is 0.883. The maximum absolute atomic E-state index is 13.6. The molecule has 7 heteroatoms. The molecule has 0 saturated heterocycles. The number of alkyl halides is 3. The highest BCUT2D eigenvalue weighted by Gasteiger charge is 2.31. The number of hydrogen-bond acceptors (Lipinski definition) is 3. The van der Waals surface area contributed by atoms with E-state index in [-0.39, 0.29) is 18.2 Å². The zero-order valence-electron chi connectivity index (χ0n) is 11.2. The van der Waals surface area contributed by atoms with Crippen LogP contribution in [0.4, 0.5) is 29.2 Å². The van der Waals surface area contributed by atoms with Crippen molar-refractivity contribution in [3.8, 4) is 0 Å². The van der Waals surface area contributed by atoms with Gasteiger partial charge in [-0.25, -0.2) is 9.37 Å². The van der Waals surface area contributed by atoms with Crippen LogP contribution in [0, 0.1) is 5.82 Å². The molecule has 0 spiro atoms. The van der Waals surface area contributed by atoms with E-state index in [9.17, 15) is 17.6 Å². The Balaban J connectivity index is 2.29. The first-order chi connectivity index (χ1) is 9.77. The monoisotopic (exact) mass is 299 g/mol. The second-order valence-electron chi connectivity index (χ2n) is 4.58. The van der Waals surface area contributed by atoms with Crippen molar-refractivity contribution in [2.45, 2.75) is 12.7 Å². The average molecular weight is 299 g/mol. The summed E-state index contributed by atoms with van der Waals surface area (Å²) in [7, 11) is 1.52. The van der Waals surface area contributed by atoms with Crippen molar-refractivity contribution in [3.05, 3.63) is 53.3 Å². The summed E-state index contributed by atoms with van der Waals surface area (Å²) in [5.74, 6) is -0.630. The molecular weight excluding hydrogens is 286 g/mol. The molecule has 0 aliphatic heterocycles. The molecule has 0 bridgehead atoms. The van der Waals surface area contributed by atoms with Crippen molar-refractivity contribution >= 4 is 11.6 Å². The van der Waals surface area contributed by atoms with E-state index >= 15 is 0 Å². The fourth-order valence-electron chi connectivity index (χ4n) is 1.86. The molecule has 0 radical (unpaired) electrons. The highest BCUT2D eigenvalue weighted by molar-refractivity contribution is 5.49. The van der Waals surface area contributed by atoms with Crippen LogP contribution in [0.2, 0.25) is 0 Å². The number of nitrogens with zero attached hydrogens (tertiary/aromatic N) is 2. The Bertz CT molecular complexity index is 640. The highest BCUT2D eigenvalue weighted by atomic mass is 19.4. The summed E-state index contributed by atoms with van der Waals surface area (Å²) < 4.78 is 51.8. The van der Waals surface area contributed by atoms with E-state index in [1.165, 1.54) is 18.0 Å². The minimum Gasteiger partial charge on any atom is -0.384 e. The van der Waals surface area contributed by atoms with Crippen molar-refractivity contribution < 1.29 is 17.6 Å². The Kier molecular flexibility index (Phi) is 4.02. The molecule has 0 fully saturated rings. The number of nitrogens with two attached hydrogens (primary N) is 1. The van der Waals surface area contributed by atoms with Crippen LogP contribution in [-0.4, -0.2) is 12.0 Å². The highest BCUT2D eigenvalue weighted by Crippen LogP contribution is 2.32. The maximum Gasteiger partial charge on any atom is 0.416 e. The minimum absolute atomic E-state index is 0.0329. The molecule has 1 aromatic heterocycles. The third-order valence-corrected chi connectivity index (χ3v) is 2.92. The van der Waals surface area contributed by atoms with Crippen LogP contribution in [0.15, 0.2) is 36.4 Å². The smallest absolute Gasteiger partial charge is 0.384 e. The van der Waals surface area contributed by atoms with Crippen molar-refractivity contribution in [2.24, 2.45) is 0 Å². The molecule has 3 nitrogen and oxygen atoms in total. The third-order valence-electron chi connectivity index (χ3n) is 2.92. The topological polar surface area (TPSA) is 42.1 Å². The number of benzene rings is 1. The average Bonchev–Trinajstić information content (AvgIpc) is 2.39.